The summed E-state index contributed by atoms with van der Waals surface area (Å²) < 4.78 is 28.4. The van der Waals surface area contributed by atoms with Crippen molar-refractivity contribution in [3.8, 4) is 0 Å². The number of likely N-dealkylation sites (N-methyl/N-ethyl adjacent to an activating group) is 1. The molecule has 8 nitrogen and oxygen atoms in total. The molecule has 1 aromatic carbocycles. The summed E-state index contributed by atoms with van der Waals surface area (Å²) in [5, 5.41) is 11.0. The average Bonchev–Trinajstić information content (AvgIpc) is 3.03. The Bertz CT molecular complexity index is 892. The van der Waals surface area contributed by atoms with Gasteiger partial charge in [-0.3, -0.25) is 4.79 Å². The predicted molar refractivity (Wildman–Crippen MR) is 105 cm³/mol. The second-order valence-electron chi connectivity index (χ2n) is 7.24. The highest BCUT2D eigenvalue weighted by Gasteiger charge is 2.24. The van der Waals surface area contributed by atoms with E-state index < -0.39 is 10.0 Å². The lowest BCUT2D eigenvalue weighted by Gasteiger charge is -2.17. The van der Waals surface area contributed by atoms with Crippen molar-refractivity contribution in [1.29, 1.82) is 0 Å². The van der Waals surface area contributed by atoms with Crippen LogP contribution in [0.3, 0.4) is 0 Å². The van der Waals surface area contributed by atoms with Crippen LogP contribution >= 0.6 is 0 Å². The minimum Gasteiger partial charge on any atom is -0.355 e. The topological polar surface area (TPSA) is 97.2 Å². The van der Waals surface area contributed by atoms with Crippen LogP contribution in [0.1, 0.15) is 46.6 Å². The first kappa shape index (κ1) is 21.3. The Kier molecular flexibility index (Phi) is 6.94. The summed E-state index contributed by atoms with van der Waals surface area (Å²) in [4.78, 5) is 12.1. The third kappa shape index (κ3) is 5.04. The number of carbonyl (C=O) groups excluding carboxylic acids is 1. The number of aromatic nitrogens is 3. The molecule has 1 heterocycles. The van der Waals surface area contributed by atoms with Crippen LogP contribution in [0.2, 0.25) is 0 Å². The zero-order valence-corrected chi connectivity index (χ0v) is 17.5. The average molecular weight is 396 g/mol. The molecule has 0 spiro atoms. The van der Waals surface area contributed by atoms with Gasteiger partial charge in [-0.2, -0.15) is 4.31 Å². The van der Waals surface area contributed by atoms with Gasteiger partial charge in [-0.25, -0.2) is 13.1 Å². The van der Waals surface area contributed by atoms with Crippen LogP contribution in [-0.4, -0.2) is 53.8 Å². The molecule has 0 saturated carbocycles. The molecule has 1 unspecified atom stereocenters. The van der Waals surface area contributed by atoms with E-state index in [1.54, 1.807) is 10.7 Å². The number of amides is 1. The Morgan fingerprint density at radius 1 is 1.30 bits per heavy atom. The number of hydrogen-bond acceptors (Lipinski definition) is 5. The van der Waals surface area contributed by atoms with E-state index in [9.17, 15) is 13.2 Å². The fourth-order valence-electron chi connectivity index (χ4n) is 2.60. The second-order valence-corrected chi connectivity index (χ2v) is 9.28. The van der Waals surface area contributed by atoms with Crippen molar-refractivity contribution in [3.05, 3.63) is 18.2 Å². The highest BCUT2D eigenvalue weighted by Crippen LogP contribution is 2.22. The Hall–Kier alpha value is -2.00. The standard InChI is InChI=1S/C18H29N5O3S/c1-6-14(4)23-17-8-7-15(11-16(17)20-21-23)27(25,26)22(5)12-18(24)19-10-9-13(2)3/h7-8,11,13-14H,6,9-10,12H2,1-5H3,(H,19,24). The zero-order valence-electron chi connectivity index (χ0n) is 16.6. The van der Waals surface area contributed by atoms with Crippen molar-refractivity contribution < 1.29 is 13.2 Å². The van der Waals surface area contributed by atoms with Crippen molar-refractivity contribution >= 4 is 27.0 Å². The lowest BCUT2D eigenvalue weighted by molar-refractivity contribution is -0.121. The molecular weight excluding hydrogens is 366 g/mol. The van der Waals surface area contributed by atoms with Gasteiger partial charge < -0.3 is 5.32 Å². The van der Waals surface area contributed by atoms with Crippen molar-refractivity contribution in [2.45, 2.75) is 51.5 Å². The summed E-state index contributed by atoms with van der Waals surface area (Å²) in [5.74, 6) is 0.160. The normalized spacial score (nSPS) is 13.4. The molecule has 2 aromatic rings. The van der Waals surface area contributed by atoms with Gasteiger partial charge in [0.1, 0.15) is 5.52 Å². The minimum absolute atomic E-state index is 0.101. The highest BCUT2D eigenvalue weighted by atomic mass is 32.2. The van der Waals surface area contributed by atoms with Gasteiger partial charge in [0, 0.05) is 13.6 Å². The number of benzene rings is 1. The maximum Gasteiger partial charge on any atom is 0.243 e. The van der Waals surface area contributed by atoms with Gasteiger partial charge in [-0.1, -0.05) is 26.0 Å². The van der Waals surface area contributed by atoms with E-state index in [2.05, 4.69) is 36.4 Å². The molecule has 2 rings (SSSR count). The van der Waals surface area contributed by atoms with Gasteiger partial charge in [0.25, 0.3) is 0 Å². The molecule has 0 bridgehead atoms. The maximum atomic E-state index is 12.8. The molecule has 0 saturated heterocycles. The van der Waals surface area contributed by atoms with Gasteiger partial charge in [-0.15, -0.1) is 5.10 Å². The van der Waals surface area contributed by atoms with Gasteiger partial charge in [0.15, 0.2) is 0 Å². The molecule has 0 aliphatic rings. The summed E-state index contributed by atoms with van der Waals surface area (Å²) in [7, 11) is -2.39. The van der Waals surface area contributed by atoms with Crippen LogP contribution in [0.25, 0.3) is 11.0 Å². The van der Waals surface area contributed by atoms with Crippen LogP contribution < -0.4 is 5.32 Å². The van der Waals surface area contributed by atoms with Crippen molar-refractivity contribution in [2.24, 2.45) is 5.92 Å². The van der Waals surface area contributed by atoms with Gasteiger partial charge in [0.05, 0.1) is 23.0 Å². The van der Waals surface area contributed by atoms with Gasteiger partial charge in [0.2, 0.25) is 15.9 Å². The molecule has 0 aliphatic heterocycles. The third-order valence-electron chi connectivity index (χ3n) is 4.57. The lowest BCUT2D eigenvalue weighted by Crippen LogP contribution is -2.38. The molecule has 1 atom stereocenters. The van der Waals surface area contributed by atoms with Crippen LogP contribution in [0.4, 0.5) is 0 Å². The zero-order chi connectivity index (χ0) is 20.2. The van der Waals surface area contributed by atoms with E-state index in [1.807, 2.05) is 6.92 Å². The molecule has 1 amide bonds. The number of hydrogen-bond donors (Lipinski definition) is 1. The fraction of sp³-hybridized carbons (Fsp3) is 0.611. The van der Waals surface area contributed by atoms with E-state index in [-0.39, 0.29) is 23.4 Å². The molecular formula is C18H29N5O3S. The van der Waals surface area contributed by atoms with Crippen molar-refractivity contribution in [2.75, 3.05) is 20.1 Å². The number of rotatable bonds is 9. The van der Waals surface area contributed by atoms with E-state index in [0.29, 0.717) is 18.0 Å². The number of fused-ring (bicyclic) bond motifs is 1. The van der Waals surface area contributed by atoms with E-state index in [0.717, 1.165) is 22.7 Å². The van der Waals surface area contributed by atoms with Crippen molar-refractivity contribution in [3.63, 3.8) is 0 Å². The number of nitrogens with one attached hydrogen (secondary N) is 1. The third-order valence-corrected chi connectivity index (χ3v) is 6.37. The fourth-order valence-corrected chi connectivity index (χ4v) is 3.75. The summed E-state index contributed by atoms with van der Waals surface area (Å²) >= 11 is 0. The molecule has 0 fully saturated rings. The number of carbonyl (C=O) groups is 1. The largest absolute Gasteiger partial charge is 0.355 e. The lowest BCUT2D eigenvalue weighted by atomic mass is 10.1. The smallest absolute Gasteiger partial charge is 0.243 e. The summed E-state index contributed by atoms with van der Waals surface area (Å²) in [6.45, 7) is 8.53. The van der Waals surface area contributed by atoms with Crippen LogP contribution in [0, 0.1) is 5.92 Å². The molecule has 1 N–H and O–H groups in total. The quantitative estimate of drug-likeness (QED) is 0.702. The first-order valence-electron chi connectivity index (χ1n) is 9.24. The van der Waals surface area contributed by atoms with E-state index in [4.69, 9.17) is 0 Å². The predicted octanol–water partition coefficient (Wildman–Crippen LogP) is 2.19. The molecule has 150 valence electrons. The van der Waals surface area contributed by atoms with Crippen LogP contribution in [-0.2, 0) is 14.8 Å². The van der Waals surface area contributed by atoms with Crippen molar-refractivity contribution in [1.82, 2.24) is 24.6 Å². The summed E-state index contributed by atoms with van der Waals surface area (Å²) in [6, 6.07) is 4.93. The molecule has 9 heteroatoms. The Labute approximate surface area is 161 Å². The second kappa shape index (κ2) is 8.79. The number of nitrogens with zero attached hydrogens (tertiary/aromatic N) is 4. The first-order chi connectivity index (χ1) is 12.7. The monoisotopic (exact) mass is 395 g/mol. The summed E-state index contributed by atoms with van der Waals surface area (Å²) in [5.41, 5.74) is 1.31. The molecule has 0 aliphatic carbocycles. The minimum atomic E-state index is -3.79. The molecule has 1 aromatic heterocycles. The Morgan fingerprint density at radius 3 is 2.63 bits per heavy atom. The van der Waals surface area contributed by atoms with E-state index in [1.165, 1.54) is 19.2 Å². The molecule has 27 heavy (non-hydrogen) atoms. The van der Waals surface area contributed by atoms with Gasteiger partial charge in [-0.05, 0) is 43.9 Å². The highest BCUT2D eigenvalue weighted by molar-refractivity contribution is 7.89. The summed E-state index contributed by atoms with van der Waals surface area (Å²) in [6.07, 6.45) is 1.75. The SMILES string of the molecule is CCC(C)n1nnc2cc(S(=O)(=O)N(C)CC(=O)NCCC(C)C)ccc21. The Balaban J connectivity index is 2.14. The van der Waals surface area contributed by atoms with Gasteiger partial charge >= 0.3 is 0 Å². The molecule has 0 radical (unpaired) electrons. The van der Waals surface area contributed by atoms with Crippen LogP contribution in [0.5, 0.6) is 0 Å². The Morgan fingerprint density at radius 2 is 2.00 bits per heavy atom. The van der Waals surface area contributed by atoms with Crippen LogP contribution in [0.15, 0.2) is 23.1 Å². The van der Waals surface area contributed by atoms with E-state index >= 15 is 0 Å². The maximum absolute atomic E-state index is 12.8. The first-order valence-corrected chi connectivity index (χ1v) is 10.7. The number of sulfonamides is 1.